The molecule has 0 aliphatic heterocycles. The van der Waals surface area contributed by atoms with Gasteiger partial charge < -0.3 is 11.1 Å². The zero-order chi connectivity index (χ0) is 12.0. The van der Waals surface area contributed by atoms with Crippen LogP contribution in [-0.2, 0) is 9.59 Å². The molecule has 86 valence electrons. The highest BCUT2D eigenvalue weighted by molar-refractivity contribution is 6.28. The second kappa shape index (κ2) is 6.23. The van der Waals surface area contributed by atoms with Crippen LogP contribution < -0.4 is 16.4 Å². The fraction of sp³-hybridized carbons (Fsp3) is 0.625. The minimum Gasteiger partial charge on any atom is -0.368 e. The van der Waals surface area contributed by atoms with Crippen LogP contribution in [0.25, 0.3) is 0 Å². The van der Waals surface area contributed by atoms with Crippen LogP contribution in [0.4, 0.5) is 4.79 Å². The third-order valence-corrected chi connectivity index (χ3v) is 1.88. The van der Waals surface area contributed by atoms with E-state index in [1.54, 1.807) is 13.8 Å². The largest absolute Gasteiger partial charge is 0.368 e. The second-order valence-electron chi connectivity index (χ2n) is 3.28. The molecule has 0 fully saturated rings. The van der Waals surface area contributed by atoms with Crippen molar-refractivity contribution in [1.29, 1.82) is 0 Å². The highest BCUT2D eigenvalue weighted by Crippen LogP contribution is 1.99. The molecule has 15 heavy (non-hydrogen) atoms. The molecule has 0 aromatic rings. The Kier molecular flexibility index (Phi) is 5.69. The van der Waals surface area contributed by atoms with Gasteiger partial charge in [0.15, 0.2) is 0 Å². The van der Waals surface area contributed by atoms with Crippen molar-refractivity contribution in [3.63, 3.8) is 0 Å². The standard InChI is InChI=1S/C8H14ClN3O3/c1-4(2)6(7(10)14)12-8(15)11-5(13)3-9/h4,6H,3H2,1-2H3,(H2,10,14)(H2,11,12,13,15). The fourth-order valence-corrected chi connectivity index (χ4v) is 0.970. The Balaban J connectivity index is 4.24. The van der Waals surface area contributed by atoms with Gasteiger partial charge >= 0.3 is 6.03 Å². The number of primary amides is 1. The number of hydrogen-bond donors (Lipinski definition) is 3. The van der Waals surface area contributed by atoms with Gasteiger partial charge in [-0.3, -0.25) is 14.9 Å². The van der Waals surface area contributed by atoms with Gasteiger partial charge in [0.2, 0.25) is 11.8 Å². The van der Waals surface area contributed by atoms with Crippen molar-refractivity contribution in [3.05, 3.63) is 0 Å². The highest BCUT2D eigenvalue weighted by Gasteiger charge is 2.21. The quantitative estimate of drug-likeness (QED) is 0.576. The monoisotopic (exact) mass is 235 g/mol. The van der Waals surface area contributed by atoms with E-state index < -0.39 is 23.9 Å². The average molecular weight is 236 g/mol. The van der Waals surface area contributed by atoms with Crippen LogP contribution in [0.1, 0.15) is 13.8 Å². The van der Waals surface area contributed by atoms with E-state index in [1.807, 2.05) is 5.32 Å². The lowest BCUT2D eigenvalue weighted by molar-refractivity contribution is -0.121. The summed E-state index contributed by atoms with van der Waals surface area (Å²) in [5.41, 5.74) is 5.06. The Morgan fingerprint density at radius 1 is 1.33 bits per heavy atom. The summed E-state index contributed by atoms with van der Waals surface area (Å²) in [7, 11) is 0. The summed E-state index contributed by atoms with van der Waals surface area (Å²) in [4.78, 5) is 32.7. The molecule has 0 saturated heterocycles. The maximum Gasteiger partial charge on any atom is 0.322 e. The molecule has 6 nitrogen and oxygen atoms in total. The Morgan fingerprint density at radius 3 is 2.20 bits per heavy atom. The molecule has 0 aromatic carbocycles. The number of hydrogen-bond acceptors (Lipinski definition) is 3. The number of nitrogens with two attached hydrogens (primary N) is 1. The van der Waals surface area contributed by atoms with Crippen LogP contribution in [0, 0.1) is 5.92 Å². The number of imide groups is 1. The van der Waals surface area contributed by atoms with Crippen molar-refractivity contribution >= 4 is 29.4 Å². The van der Waals surface area contributed by atoms with Crippen molar-refractivity contribution in [3.8, 4) is 0 Å². The van der Waals surface area contributed by atoms with Crippen molar-refractivity contribution in [2.24, 2.45) is 11.7 Å². The highest BCUT2D eigenvalue weighted by atomic mass is 35.5. The zero-order valence-corrected chi connectivity index (χ0v) is 9.30. The number of rotatable bonds is 4. The predicted molar refractivity (Wildman–Crippen MR) is 55.2 cm³/mol. The molecule has 0 rings (SSSR count). The van der Waals surface area contributed by atoms with Gasteiger partial charge in [0.1, 0.15) is 11.9 Å². The summed E-state index contributed by atoms with van der Waals surface area (Å²) in [6.07, 6.45) is 0. The molecule has 0 aromatic heterocycles. The number of alkyl halides is 1. The minimum absolute atomic E-state index is 0.153. The van der Waals surface area contributed by atoms with E-state index in [0.29, 0.717) is 0 Å². The lowest BCUT2D eigenvalue weighted by atomic mass is 10.0. The number of amides is 4. The number of nitrogens with one attached hydrogen (secondary N) is 2. The molecule has 4 N–H and O–H groups in total. The van der Waals surface area contributed by atoms with Gasteiger partial charge in [-0.15, -0.1) is 11.6 Å². The van der Waals surface area contributed by atoms with Crippen LogP contribution in [0.15, 0.2) is 0 Å². The molecular formula is C8H14ClN3O3. The maximum absolute atomic E-state index is 11.1. The molecule has 4 amide bonds. The Bertz CT molecular complexity index is 268. The summed E-state index contributed by atoms with van der Waals surface area (Å²) in [5, 5.41) is 4.22. The van der Waals surface area contributed by atoms with Gasteiger partial charge in [0, 0.05) is 0 Å². The molecule has 0 spiro atoms. The third-order valence-electron chi connectivity index (χ3n) is 1.63. The van der Waals surface area contributed by atoms with E-state index in [0.717, 1.165) is 0 Å². The third kappa shape index (κ3) is 5.21. The smallest absolute Gasteiger partial charge is 0.322 e. The average Bonchev–Trinajstić information content (AvgIpc) is 2.12. The molecular weight excluding hydrogens is 222 g/mol. The summed E-state index contributed by atoms with van der Waals surface area (Å²) in [6.45, 7) is 3.44. The summed E-state index contributed by atoms with van der Waals surface area (Å²) in [5.74, 6) is -1.77. The number of carbonyl (C=O) groups is 3. The van der Waals surface area contributed by atoms with E-state index >= 15 is 0 Å². The zero-order valence-electron chi connectivity index (χ0n) is 8.54. The summed E-state index contributed by atoms with van der Waals surface area (Å²) in [6, 6.07) is -1.59. The maximum atomic E-state index is 11.1. The molecule has 7 heteroatoms. The van der Waals surface area contributed by atoms with E-state index in [-0.39, 0.29) is 11.8 Å². The van der Waals surface area contributed by atoms with Gasteiger partial charge in [-0.1, -0.05) is 13.8 Å². The molecule has 0 saturated carbocycles. The van der Waals surface area contributed by atoms with Gasteiger partial charge in [-0.05, 0) is 5.92 Å². The van der Waals surface area contributed by atoms with E-state index in [9.17, 15) is 14.4 Å². The first-order valence-corrected chi connectivity index (χ1v) is 4.87. The molecule has 1 unspecified atom stereocenters. The molecule has 1 atom stereocenters. The SMILES string of the molecule is CC(C)C(NC(=O)NC(=O)CCl)C(N)=O. The first-order valence-electron chi connectivity index (χ1n) is 4.34. The predicted octanol–water partition coefficient (Wildman–Crippen LogP) is -0.439. The van der Waals surface area contributed by atoms with Crippen molar-refractivity contribution < 1.29 is 14.4 Å². The van der Waals surface area contributed by atoms with Gasteiger partial charge in [-0.25, -0.2) is 4.79 Å². The summed E-state index contributed by atoms with van der Waals surface area (Å²) < 4.78 is 0. The Morgan fingerprint density at radius 2 is 1.87 bits per heavy atom. The minimum atomic E-state index is -0.812. The molecule has 0 aliphatic rings. The topological polar surface area (TPSA) is 101 Å². The molecule has 0 radical (unpaired) electrons. The van der Waals surface area contributed by atoms with Crippen LogP contribution in [0.5, 0.6) is 0 Å². The van der Waals surface area contributed by atoms with Crippen molar-refractivity contribution in [2.45, 2.75) is 19.9 Å². The van der Waals surface area contributed by atoms with Crippen LogP contribution in [0.2, 0.25) is 0 Å². The first kappa shape index (κ1) is 13.7. The van der Waals surface area contributed by atoms with Crippen molar-refractivity contribution in [1.82, 2.24) is 10.6 Å². The van der Waals surface area contributed by atoms with E-state index in [2.05, 4.69) is 5.32 Å². The van der Waals surface area contributed by atoms with Gasteiger partial charge in [0.05, 0.1) is 0 Å². The normalized spacial score (nSPS) is 12.0. The van der Waals surface area contributed by atoms with Gasteiger partial charge in [-0.2, -0.15) is 0 Å². The lowest BCUT2D eigenvalue weighted by Crippen LogP contribution is -2.52. The van der Waals surface area contributed by atoms with E-state index in [4.69, 9.17) is 17.3 Å². The number of carbonyl (C=O) groups excluding carboxylic acids is 3. The lowest BCUT2D eigenvalue weighted by Gasteiger charge is -2.18. The molecule has 0 bridgehead atoms. The Labute approximate surface area is 92.5 Å². The van der Waals surface area contributed by atoms with Crippen LogP contribution in [-0.4, -0.2) is 29.8 Å². The Hall–Kier alpha value is -1.30. The summed E-state index contributed by atoms with van der Waals surface area (Å²) >= 11 is 5.17. The van der Waals surface area contributed by atoms with Crippen LogP contribution in [0.3, 0.4) is 0 Å². The molecule has 0 heterocycles. The first-order chi connectivity index (χ1) is 6.88. The number of halogens is 1. The van der Waals surface area contributed by atoms with Gasteiger partial charge in [0.25, 0.3) is 0 Å². The second-order valence-corrected chi connectivity index (χ2v) is 3.55. The van der Waals surface area contributed by atoms with Crippen molar-refractivity contribution in [2.75, 3.05) is 5.88 Å². The van der Waals surface area contributed by atoms with E-state index in [1.165, 1.54) is 0 Å². The van der Waals surface area contributed by atoms with Crippen LogP contribution >= 0.6 is 11.6 Å². The number of urea groups is 1. The molecule has 0 aliphatic carbocycles. The fourth-order valence-electron chi connectivity index (χ4n) is 0.904.